The third kappa shape index (κ3) is 49.3. The van der Waals surface area contributed by atoms with Crippen LogP contribution in [-0.2, 0) is 28.6 Å². The maximum absolute atomic E-state index is 12.8. The second kappa shape index (κ2) is 52.0. The number of allylic oxidation sites excluding steroid dienone is 16. The molecule has 64 heavy (non-hydrogen) atoms. The largest absolute Gasteiger partial charge is 0.462 e. The fraction of sp³-hybridized carbons (Fsp3) is 0.672. The van der Waals surface area contributed by atoms with Crippen LogP contribution in [0.3, 0.4) is 0 Å². The molecular weight excluding hydrogens is 793 g/mol. The third-order valence-corrected chi connectivity index (χ3v) is 10.8. The molecule has 0 aromatic carbocycles. The predicted octanol–water partition coefficient (Wildman–Crippen LogP) is 17.4. The van der Waals surface area contributed by atoms with Gasteiger partial charge in [-0.2, -0.15) is 0 Å². The van der Waals surface area contributed by atoms with Gasteiger partial charge in [0, 0.05) is 19.3 Å². The summed E-state index contributed by atoms with van der Waals surface area (Å²) in [6.07, 6.45) is 68.4. The van der Waals surface area contributed by atoms with Gasteiger partial charge in [0.1, 0.15) is 13.2 Å². The zero-order chi connectivity index (χ0) is 46.5. The van der Waals surface area contributed by atoms with E-state index in [1.54, 1.807) is 0 Å². The van der Waals surface area contributed by atoms with E-state index in [2.05, 4.69) is 118 Å². The average Bonchev–Trinajstić information content (AvgIpc) is 3.29. The maximum Gasteiger partial charge on any atom is 0.306 e. The standard InChI is InChI=1S/C58H96O6/c1-4-7-10-13-16-19-21-23-25-27-29-31-32-34-36-39-42-45-48-51-57(60)63-54-55(53-62-56(59)50-47-44-41-38-18-15-12-9-6-3)64-58(61)52-49-46-43-40-37-35-33-30-28-26-24-22-20-17-14-11-8-5-2/h7,9-10,12,16,18-19,23,25,29-31,33-34,36,38,55H,4-6,8,11,13-15,17,20-22,24,26-28,32,35,37,39-54H2,1-3H3/b10-7-,12-9-,19-16-,25-23-,31-29-,33-30-,36-34-,38-18-. The summed E-state index contributed by atoms with van der Waals surface area (Å²) < 4.78 is 16.7. The minimum Gasteiger partial charge on any atom is -0.462 e. The average molecular weight is 889 g/mol. The van der Waals surface area contributed by atoms with Crippen molar-refractivity contribution in [2.24, 2.45) is 0 Å². The van der Waals surface area contributed by atoms with Crippen molar-refractivity contribution in [3.8, 4) is 0 Å². The summed E-state index contributed by atoms with van der Waals surface area (Å²) in [7, 11) is 0. The lowest BCUT2D eigenvalue weighted by Crippen LogP contribution is -2.30. The normalized spacial score (nSPS) is 12.9. The minimum absolute atomic E-state index is 0.109. The molecule has 0 aliphatic heterocycles. The Morgan fingerprint density at radius 3 is 1.02 bits per heavy atom. The Labute approximate surface area is 394 Å². The molecule has 1 atom stereocenters. The van der Waals surface area contributed by atoms with Crippen molar-refractivity contribution < 1.29 is 28.6 Å². The van der Waals surface area contributed by atoms with E-state index in [0.717, 1.165) is 122 Å². The summed E-state index contributed by atoms with van der Waals surface area (Å²) in [5, 5.41) is 0. The van der Waals surface area contributed by atoms with Crippen molar-refractivity contribution in [3.63, 3.8) is 0 Å². The number of carbonyl (C=O) groups excluding carboxylic acids is 3. The van der Waals surface area contributed by atoms with Gasteiger partial charge in [-0.3, -0.25) is 14.4 Å². The second-order valence-electron chi connectivity index (χ2n) is 17.0. The Kier molecular flexibility index (Phi) is 49.0. The molecule has 0 N–H and O–H groups in total. The van der Waals surface area contributed by atoms with Crippen LogP contribution in [-0.4, -0.2) is 37.2 Å². The molecule has 0 aliphatic carbocycles. The lowest BCUT2D eigenvalue weighted by Gasteiger charge is -2.18. The highest BCUT2D eigenvalue weighted by atomic mass is 16.6. The first-order valence-electron chi connectivity index (χ1n) is 26.2. The summed E-state index contributed by atoms with van der Waals surface area (Å²) in [4.78, 5) is 37.9. The number of ether oxygens (including phenoxy) is 3. The highest BCUT2D eigenvalue weighted by molar-refractivity contribution is 5.71. The molecule has 364 valence electrons. The van der Waals surface area contributed by atoms with Crippen molar-refractivity contribution in [2.75, 3.05) is 13.2 Å². The molecule has 0 rings (SSSR count). The fourth-order valence-electron chi connectivity index (χ4n) is 6.91. The van der Waals surface area contributed by atoms with Gasteiger partial charge in [-0.1, -0.05) is 195 Å². The molecule has 1 unspecified atom stereocenters. The maximum atomic E-state index is 12.8. The molecule has 0 heterocycles. The van der Waals surface area contributed by atoms with Crippen LogP contribution < -0.4 is 0 Å². The van der Waals surface area contributed by atoms with Gasteiger partial charge in [-0.25, -0.2) is 0 Å². The predicted molar refractivity (Wildman–Crippen MR) is 274 cm³/mol. The number of carbonyl (C=O) groups is 3. The van der Waals surface area contributed by atoms with Crippen LogP contribution in [0.1, 0.15) is 233 Å². The van der Waals surface area contributed by atoms with Crippen LogP contribution in [0.25, 0.3) is 0 Å². The molecule has 0 saturated heterocycles. The highest BCUT2D eigenvalue weighted by Gasteiger charge is 2.19. The van der Waals surface area contributed by atoms with Crippen LogP contribution in [0.2, 0.25) is 0 Å². The Morgan fingerprint density at radius 1 is 0.328 bits per heavy atom. The zero-order valence-electron chi connectivity index (χ0n) is 41.5. The van der Waals surface area contributed by atoms with Gasteiger partial charge in [0.25, 0.3) is 0 Å². The molecule has 0 saturated carbocycles. The molecule has 0 bridgehead atoms. The molecule has 0 aromatic rings. The number of esters is 3. The van der Waals surface area contributed by atoms with E-state index < -0.39 is 6.10 Å². The first-order chi connectivity index (χ1) is 31.5. The van der Waals surface area contributed by atoms with Crippen molar-refractivity contribution in [1.29, 1.82) is 0 Å². The summed E-state index contributed by atoms with van der Waals surface area (Å²) >= 11 is 0. The van der Waals surface area contributed by atoms with E-state index in [9.17, 15) is 14.4 Å². The molecule has 0 radical (unpaired) electrons. The first-order valence-corrected chi connectivity index (χ1v) is 26.2. The van der Waals surface area contributed by atoms with Gasteiger partial charge in [0.15, 0.2) is 6.10 Å². The Bertz CT molecular complexity index is 1300. The lowest BCUT2D eigenvalue weighted by atomic mass is 10.1. The van der Waals surface area contributed by atoms with Crippen LogP contribution in [0.15, 0.2) is 97.2 Å². The van der Waals surface area contributed by atoms with Crippen LogP contribution >= 0.6 is 0 Å². The van der Waals surface area contributed by atoms with Crippen molar-refractivity contribution in [2.45, 2.75) is 239 Å². The quantitative estimate of drug-likeness (QED) is 0.0262. The van der Waals surface area contributed by atoms with Gasteiger partial charge in [0.2, 0.25) is 0 Å². The highest BCUT2D eigenvalue weighted by Crippen LogP contribution is 2.13. The summed E-state index contributed by atoms with van der Waals surface area (Å²) in [6, 6.07) is 0. The van der Waals surface area contributed by atoms with Crippen LogP contribution in [0.4, 0.5) is 0 Å². The number of hydrogen-bond donors (Lipinski definition) is 0. The summed E-state index contributed by atoms with van der Waals surface area (Å²) in [6.45, 7) is 6.33. The van der Waals surface area contributed by atoms with Gasteiger partial charge >= 0.3 is 17.9 Å². The fourth-order valence-corrected chi connectivity index (χ4v) is 6.91. The first kappa shape index (κ1) is 60.3. The molecule has 6 heteroatoms. The van der Waals surface area contributed by atoms with Gasteiger partial charge in [0.05, 0.1) is 0 Å². The molecule has 0 fully saturated rings. The number of unbranched alkanes of at least 4 members (excludes halogenated alkanes) is 19. The SMILES string of the molecule is CC/C=C\C/C=C\C/C=C\C/C=C\C/C=C\CCCCCC(=O)OCC(COC(=O)CCCC/C=C\C/C=C\CC)OC(=O)CCCCCCC/C=C\CCCCCCCCCCC. The minimum atomic E-state index is -0.808. The molecule has 0 aliphatic rings. The van der Waals surface area contributed by atoms with E-state index in [1.165, 1.54) is 70.6 Å². The van der Waals surface area contributed by atoms with Gasteiger partial charge in [-0.15, -0.1) is 0 Å². The zero-order valence-corrected chi connectivity index (χ0v) is 41.5. The molecule has 0 aromatic heterocycles. The van der Waals surface area contributed by atoms with E-state index >= 15 is 0 Å². The number of rotatable bonds is 46. The second-order valence-corrected chi connectivity index (χ2v) is 17.0. The summed E-state index contributed by atoms with van der Waals surface area (Å²) in [5.74, 6) is -0.987. The molecular formula is C58H96O6. The van der Waals surface area contributed by atoms with E-state index in [-0.39, 0.29) is 31.1 Å². The van der Waals surface area contributed by atoms with Crippen molar-refractivity contribution >= 4 is 17.9 Å². The molecule has 0 spiro atoms. The topological polar surface area (TPSA) is 78.9 Å². The molecule has 0 amide bonds. The van der Waals surface area contributed by atoms with E-state index in [0.29, 0.717) is 19.3 Å². The van der Waals surface area contributed by atoms with E-state index in [4.69, 9.17) is 14.2 Å². The number of hydrogen-bond acceptors (Lipinski definition) is 6. The summed E-state index contributed by atoms with van der Waals surface area (Å²) in [5.41, 5.74) is 0. The Balaban J connectivity index is 4.41. The Morgan fingerprint density at radius 2 is 0.609 bits per heavy atom. The molecule has 6 nitrogen and oxygen atoms in total. The lowest BCUT2D eigenvalue weighted by molar-refractivity contribution is -0.167. The van der Waals surface area contributed by atoms with Crippen molar-refractivity contribution in [1.82, 2.24) is 0 Å². The third-order valence-electron chi connectivity index (χ3n) is 10.8. The van der Waals surface area contributed by atoms with E-state index in [1.807, 2.05) is 0 Å². The monoisotopic (exact) mass is 889 g/mol. The smallest absolute Gasteiger partial charge is 0.306 e. The van der Waals surface area contributed by atoms with Crippen molar-refractivity contribution in [3.05, 3.63) is 97.2 Å². The van der Waals surface area contributed by atoms with Gasteiger partial charge < -0.3 is 14.2 Å². The Hall–Kier alpha value is -3.67. The van der Waals surface area contributed by atoms with Crippen LogP contribution in [0, 0.1) is 0 Å². The van der Waals surface area contributed by atoms with Crippen LogP contribution in [0.5, 0.6) is 0 Å². The van der Waals surface area contributed by atoms with Gasteiger partial charge in [-0.05, 0) is 116 Å².